The van der Waals surface area contributed by atoms with E-state index in [1.54, 1.807) is 42.5 Å². The second-order valence-electron chi connectivity index (χ2n) is 5.35. The average Bonchev–Trinajstić information content (AvgIpc) is 2.89. The molecule has 0 fully saturated rings. The maximum absolute atomic E-state index is 12.9. The molecule has 1 aromatic heterocycles. The number of carbonyl (C=O) groups excluding carboxylic acids is 1. The Balaban J connectivity index is 2.34. The Hall–Kier alpha value is -1.92. The maximum atomic E-state index is 12.9. The molecule has 0 bridgehead atoms. The molecule has 0 radical (unpaired) electrons. The van der Waals surface area contributed by atoms with Crippen LogP contribution in [0.3, 0.4) is 0 Å². The molecule has 6 heteroatoms. The molecule has 0 N–H and O–H groups in total. The SMILES string of the molecule is CC(=O)c1cn(S(=O)(=O)c2ccc(C)cc2)c2cccc(Br)c12. The number of hydrogen-bond donors (Lipinski definition) is 0. The van der Waals surface area contributed by atoms with Gasteiger partial charge in [0.1, 0.15) is 0 Å². The van der Waals surface area contributed by atoms with Gasteiger partial charge in [-0.1, -0.05) is 39.7 Å². The lowest BCUT2D eigenvalue weighted by Crippen LogP contribution is -2.11. The van der Waals surface area contributed by atoms with Gasteiger partial charge in [0.2, 0.25) is 0 Å². The lowest BCUT2D eigenvalue weighted by Gasteiger charge is -2.08. The van der Waals surface area contributed by atoms with Gasteiger partial charge in [0.25, 0.3) is 10.0 Å². The first-order chi connectivity index (χ1) is 10.8. The molecule has 0 aliphatic carbocycles. The molecule has 3 rings (SSSR count). The molecule has 4 nitrogen and oxygen atoms in total. The van der Waals surface area contributed by atoms with Crippen molar-refractivity contribution in [1.29, 1.82) is 0 Å². The van der Waals surface area contributed by atoms with Crippen molar-refractivity contribution in [2.24, 2.45) is 0 Å². The van der Waals surface area contributed by atoms with Gasteiger partial charge in [-0.15, -0.1) is 0 Å². The number of benzene rings is 2. The predicted octanol–water partition coefficient (Wildman–Crippen LogP) is 4.15. The number of ketones is 1. The highest BCUT2D eigenvalue weighted by atomic mass is 79.9. The summed E-state index contributed by atoms with van der Waals surface area (Å²) in [7, 11) is -3.77. The van der Waals surface area contributed by atoms with Gasteiger partial charge in [-0.2, -0.15) is 0 Å². The highest BCUT2D eigenvalue weighted by Crippen LogP contribution is 2.31. The Morgan fingerprint density at radius 3 is 2.35 bits per heavy atom. The molecule has 2 aromatic carbocycles. The minimum atomic E-state index is -3.77. The monoisotopic (exact) mass is 391 g/mol. The molecule has 0 atom stereocenters. The van der Waals surface area contributed by atoms with Crippen molar-refractivity contribution in [3.63, 3.8) is 0 Å². The summed E-state index contributed by atoms with van der Waals surface area (Å²) >= 11 is 3.40. The van der Waals surface area contributed by atoms with Crippen molar-refractivity contribution in [3.05, 3.63) is 64.3 Å². The molecule has 0 amide bonds. The smallest absolute Gasteiger partial charge is 0.268 e. The predicted molar refractivity (Wildman–Crippen MR) is 93.4 cm³/mol. The van der Waals surface area contributed by atoms with Crippen LogP contribution in [0.2, 0.25) is 0 Å². The fraction of sp³-hybridized carbons (Fsp3) is 0.118. The largest absolute Gasteiger partial charge is 0.294 e. The van der Waals surface area contributed by atoms with Crippen LogP contribution >= 0.6 is 15.9 Å². The summed E-state index contributed by atoms with van der Waals surface area (Å²) < 4.78 is 27.8. The van der Waals surface area contributed by atoms with Crippen LogP contribution in [0.25, 0.3) is 10.9 Å². The third-order valence-electron chi connectivity index (χ3n) is 3.70. The van der Waals surface area contributed by atoms with E-state index in [0.717, 1.165) is 5.56 Å². The Morgan fingerprint density at radius 2 is 1.74 bits per heavy atom. The van der Waals surface area contributed by atoms with Crippen LogP contribution in [0, 0.1) is 6.92 Å². The summed E-state index contributed by atoms with van der Waals surface area (Å²) in [6.45, 7) is 3.32. The van der Waals surface area contributed by atoms with Gasteiger partial charge in [0.15, 0.2) is 5.78 Å². The van der Waals surface area contributed by atoms with E-state index in [0.29, 0.717) is 20.9 Å². The van der Waals surface area contributed by atoms with Crippen molar-refractivity contribution < 1.29 is 13.2 Å². The number of fused-ring (bicyclic) bond motifs is 1. The normalized spacial score (nSPS) is 11.8. The fourth-order valence-corrected chi connectivity index (χ4v) is 4.44. The standard InChI is InChI=1S/C17H14BrNO3S/c1-11-6-8-13(9-7-11)23(21,22)19-10-14(12(2)20)17-15(18)4-3-5-16(17)19/h3-10H,1-2H3. The zero-order valence-electron chi connectivity index (χ0n) is 12.6. The van der Waals surface area contributed by atoms with Crippen molar-refractivity contribution in [2.75, 3.05) is 0 Å². The van der Waals surface area contributed by atoms with Gasteiger partial charge in [-0.3, -0.25) is 4.79 Å². The van der Waals surface area contributed by atoms with Gasteiger partial charge in [-0.05, 0) is 38.1 Å². The van der Waals surface area contributed by atoms with E-state index in [9.17, 15) is 13.2 Å². The van der Waals surface area contributed by atoms with Crippen LogP contribution in [0.15, 0.2) is 58.0 Å². The number of aryl methyl sites for hydroxylation is 1. The molecular formula is C17H14BrNO3S. The topological polar surface area (TPSA) is 56.1 Å². The summed E-state index contributed by atoms with van der Waals surface area (Å²) in [5, 5.41) is 0.607. The molecule has 0 saturated heterocycles. The molecule has 1 heterocycles. The number of rotatable bonds is 3. The average molecular weight is 392 g/mol. The zero-order chi connectivity index (χ0) is 16.8. The van der Waals surface area contributed by atoms with Crippen molar-refractivity contribution in [2.45, 2.75) is 18.7 Å². The molecule has 118 valence electrons. The Labute approximate surface area is 142 Å². The number of carbonyl (C=O) groups is 1. The van der Waals surface area contributed by atoms with Crippen LogP contribution in [-0.2, 0) is 10.0 Å². The van der Waals surface area contributed by atoms with Gasteiger partial charge >= 0.3 is 0 Å². The molecule has 23 heavy (non-hydrogen) atoms. The highest BCUT2D eigenvalue weighted by Gasteiger charge is 2.23. The summed E-state index contributed by atoms with van der Waals surface area (Å²) in [6.07, 6.45) is 1.40. The summed E-state index contributed by atoms with van der Waals surface area (Å²) in [4.78, 5) is 12.1. The van der Waals surface area contributed by atoms with Gasteiger partial charge in [-0.25, -0.2) is 12.4 Å². The minimum Gasteiger partial charge on any atom is -0.294 e. The van der Waals surface area contributed by atoms with Gasteiger partial charge in [0, 0.05) is 21.6 Å². The summed E-state index contributed by atoms with van der Waals surface area (Å²) in [6, 6.07) is 11.9. The molecular weight excluding hydrogens is 378 g/mol. The third kappa shape index (κ3) is 2.62. The first-order valence-electron chi connectivity index (χ1n) is 6.95. The first kappa shape index (κ1) is 16.0. The van der Waals surface area contributed by atoms with E-state index < -0.39 is 10.0 Å². The van der Waals surface area contributed by atoms with E-state index in [1.807, 2.05) is 6.92 Å². The molecule has 0 aliphatic heterocycles. The van der Waals surface area contributed by atoms with E-state index in [2.05, 4.69) is 15.9 Å². The maximum Gasteiger partial charge on any atom is 0.268 e. The van der Waals surface area contributed by atoms with Crippen LogP contribution < -0.4 is 0 Å². The molecule has 0 saturated carbocycles. The summed E-state index contributed by atoms with van der Waals surface area (Å²) in [5.41, 5.74) is 1.83. The van der Waals surface area contributed by atoms with E-state index in [4.69, 9.17) is 0 Å². The van der Waals surface area contributed by atoms with Crippen molar-refractivity contribution in [1.82, 2.24) is 3.97 Å². The highest BCUT2D eigenvalue weighted by molar-refractivity contribution is 9.10. The van der Waals surface area contributed by atoms with Crippen LogP contribution in [-0.4, -0.2) is 18.2 Å². The summed E-state index contributed by atoms with van der Waals surface area (Å²) in [5.74, 6) is -0.181. The lowest BCUT2D eigenvalue weighted by atomic mass is 10.1. The zero-order valence-corrected chi connectivity index (χ0v) is 15.0. The van der Waals surface area contributed by atoms with Crippen molar-refractivity contribution in [3.8, 4) is 0 Å². The first-order valence-corrected chi connectivity index (χ1v) is 9.18. The number of halogens is 1. The number of hydrogen-bond acceptors (Lipinski definition) is 3. The van der Waals surface area contributed by atoms with Gasteiger partial charge < -0.3 is 0 Å². The Kier molecular flexibility index (Phi) is 3.90. The molecule has 0 aliphatic rings. The lowest BCUT2D eigenvalue weighted by molar-refractivity contribution is 0.101. The number of Topliss-reactive ketones (excluding diaryl/α,β-unsaturated/α-hetero) is 1. The molecule has 0 spiro atoms. The van der Waals surface area contributed by atoms with Gasteiger partial charge in [0.05, 0.1) is 10.4 Å². The number of nitrogens with zero attached hydrogens (tertiary/aromatic N) is 1. The second-order valence-corrected chi connectivity index (χ2v) is 8.02. The quantitative estimate of drug-likeness (QED) is 0.630. The van der Waals surface area contributed by atoms with E-state index in [-0.39, 0.29) is 10.7 Å². The van der Waals surface area contributed by atoms with Crippen LogP contribution in [0.5, 0.6) is 0 Å². The Bertz CT molecular complexity index is 1020. The molecule has 3 aromatic rings. The molecule has 0 unspecified atom stereocenters. The van der Waals surface area contributed by atoms with Crippen LogP contribution in [0.4, 0.5) is 0 Å². The third-order valence-corrected chi connectivity index (χ3v) is 6.05. The van der Waals surface area contributed by atoms with Crippen molar-refractivity contribution >= 4 is 42.6 Å². The van der Waals surface area contributed by atoms with E-state index >= 15 is 0 Å². The Morgan fingerprint density at radius 1 is 1.09 bits per heavy atom. The number of aromatic nitrogens is 1. The second kappa shape index (κ2) is 5.62. The van der Waals surface area contributed by atoms with Crippen LogP contribution in [0.1, 0.15) is 22.8 Å². The minimum absolute atomic E-state index is 0.181. The fourth-order valence-electron chi connectivity index (χ4n) is 2.50. The van der Waals surface area contributed by atoms with E-state index in [1.165, 1.54) is 17.1 Å².